The summed E-state index contributed by atoms with van der Waals surface area (Å²) in [6.07, 6.45) is -1.61. The van der Waals surface area contributed by atoms with E-state index in [2.05, 4.69) is 30.3 Å². The third kappa shape index (κ3) is 4.82. The Kier molecular flexibility index (Phi) is 7.18. The summed E-state index contributed by atoms with van der Waals surface area (Å²) in [7, 11) is -3.34. The van der Waals surface area contributed by atoms with E-state index < -0.39 is 56.5 Å². The smallest absolute Gasteiger partial charge is 0.410 e. The average molecular weight is 557 g/mol. The molecule has 3 heterocycles. The van der Waals surface area contributed by atoms with Gasteiger partial charge >= 0.3 is 6.09 Å². The summed E-state index contributed by atoms with van der Waals surface area (Å²) >= 11 is 0. The molecule has 0 saturated carbocycles. The highest BCUT2D eigenvalue weighted by Gasteiger charge is 2.59. The number of fused-ring (bicyclic) bond motifs is 1. The van der Waals surface area contributed by atoms with Gasteiger partial charge in [0.2, 0.25) is 5.88 Å². The first kappa shape index (κ1) is 27.4. The van der Waals surface area contributed by atoms with Crippen molar-refractivity contribution in [3.8, 4) is 5.88 Å². The van der Waals surface area contributed by atoms with Crippen molar-refractivity contribution >= 4 is 33.6 Å². The largest absolute Gasteiger partial charge is 0.470 e. The van der Waals surface area contributed by atoms with Gasteiger partial charge in [-0.15, -0.1) is 0 Å². The number of amides is 2. The average Bonchev–Trinajstić information content (AvgIpc) is 3.27. The number of thiol groups is 1. The third-order valence-corrected chi connectivity index (χ3v) is 11.0. The normalized spacial score (nSPS) is 24.2. The topological polar surface area (TPSA) is 155 Å². The number of aromatic nitrogens is 2. The van der Waals surface area contributed by atoms with Crippen LogP contribution < -0.4 is 20.1 Å². The number of carbonyl (C=O) groups excluding carboxylic acids is 1. The van der Waals surface area contributed by atoms with Gasteiger partial charge in [-0.3, -0.25) is 24.0 Å². The van der Waals surface area contributed by atoms with Crippen molar-refractivity contribution in [3.05, 3.63) is 47.7 Å². The highest BCUT2D eigenvalue weighted by atomic mass is 32.3. The van der Waals surface area contributed by atoms with Crippen molar-refractivity contribution < 1.29 is 36.8 Å². The lowest BCUT2D eigenvalue weighted by atomic mass is 9.85. The molecule has 206 valence electrons. The van der Waals surface area contributed by atoms with Gasteiger partial charge in [-0.25, -0.2) is 27.9 Å². The van der Waals surface area contributed by atoms with Gasteiger partial charge in [0.25, 0.3) is 12.3 Å². The number of nitrogens with zero attached hydrogens (tertiary/aromatic N) is 3. The molecular weight excluding hydrogens is 529 g/mol. The van der Waals surface area contributed by atoms with Gasteiger partial charge in [-0.1, -0.05) is 0 Å². The molecule has 15 heteroatoms. The number of aliphatic imine (C=N–C) groups is 1. The van der Waals surface area contributed by atoms with Crippen molar-refractivity contribution in [2.75, 3.05) is 18.5 Å². The molecule has 2 aromatic rings. The molecule has 0 unspecified atom stereocenters. The van der Waals surface area contributed by atoms with Gasteiger partial charge in [-0.2, -0.15) is 0 Å². The number of hydrogen-bond donors (Lipinski definition) is 5. The van der Waals surface area contributed by atoms with E-state index in [0.717, 1.165) is 18.5 Å². The number of benzene rings is 1. The molecule has 0 aliphatic carbocycles. The number of anilines is 1. The molecule has 2 amide bonds. The summed E-state index contributed by atoms with van der Waals surface area (Å²) in [6, 6.07) is 3.78. The second-order valence-electron chi connectivity index (χ2n) is 9.56. The Morgan fingerprint density at radius 3 is 2.61 bits per heavy atom. The van der Waals surface area contributed by atoms with Crippen LogP contribution in [-0.4, -0.2) is 66.7 Å². The van der Waals surface area contributed by atoms with Crippen LogP contribution >= 0.6 is 0 Å². The number of amidine groups is 1. The van der Waals surface area contributed by atoms with E-state index in [0.29, 0.717) is 13.0 Å². The molecule has 0 bridgehead atoms. The Balaban J connectivity index is 1.67. The van der Waals surface area contributed by atoms with Gasteiger partial charge in [0.05, 0.1) is 22.4 Å². The van der Waals surface area contributed by atoms with Gasteiger partial charge in [0, 0.05) is 17.8 Å². The Bertz CT molecular complexity index is 1340. The lowest BCUT2D eigenvalue weighted by Gasteiger charge is -2.51. The number of carbonyl (C=O) groups is 2. The molecule has 38 heavy (non-hydrogen) atoms. The summed E-state index contributed by atoms with van der Waals surface area (Å²) in [6.45, 7) is 4.36. The minimum atomic E-state index is -3.34. The molecule has 0 radical (unpaired) electrons. The van der Waals surface area contributed by atoms with Crippen molar-refractivity contribution in [2.24, 2.45) is 4.99 Å². The molecule has 0 spiro atoms. The maximum absolute atomic E-state index is 15.3. The van der Waals surface area contributed by atoms with Crippen LogP contribution in [0.5, 0.6) is 5.88 Å². The zero-order valence-corrected chi connectivity index (χ0v) is 21.6. The van der Waals surface area contributed by atoms with Crippen LogP contribution in [0, 0.1) is 5.82 Å². The van der Waals surface area contributed by atoms with Crippen molar-refractivity contribution in [1.29, 1.82) is 0 Å². The summed E-state index contributed by atoms with van der Waals surface area (Å²) in [5, 5.41) is 13.5. The Hall–Kier alpha value is -3.59. The van der Waals surface area contributed by atoms with Crippen LogP contribution in [0.2, 0.25) is 0 Å². The molecule has 1 saturated heterocycles. The first-order chi connectivity index (χ1) is 17.8. The molecular formula is C23H27F3N6O5S. The second kappa shape index (κ2) is 9.94. The summed E-state index contributed by atoms with van der Waals surface area (Å²) in [5.41, 5.74) is -1.39. The zero-order valence-electron chi connectivity index (χ0n) is 20.7. The second-order valence-corrected chi connectivity index (χ2v) is 12.9. The van der Waals surface area contributed by atoms with Crippen LogP contribution in [0.25, 0.3) is 0 Å². The number of alkyl halides is 2. The molecule has 2 atom stereocenters. The van der Waals surface area contributed by atoms with Crippen LogP contribution in [0.4, 0.5) is 23.7 Å². The minimum absolute atomic E-state index is 0.0197. The van der Waals surface area contributed by atoms with E-state index in [4.69, 9.17) is 4.74 Å². The molecule has 1 aromatic carbocycles. The first-order valence-corrected chi connectivity index (χ1v) is 13.3. The maximum atomic E-state index is 15.3. The first-order valence-electron chi connectivity index (χ1n) is 11.6. The SMILES string of the molecule is CC1(C)C(NC(=O)O)=N[C@](C)(c2cc(NC(=O)c3cnc(OCC(F)F)cn3)ccc2F)[C@@H]2CCN[SH]21=O. The van der Waals surface area contributed by atoms with E-state index in [-0.39, 0.29) is 28.7 Å². The van der Waals surface area contributed by atoms with Crippen molar-refractivity contribution in [1.82, 2.24) is 20.0 Å². The Morgan fingerprint density at radius 2 is 1.97 bits per heavy atom. The van der Waals surface area contributed by atoms with E-state index in [1.165, 1.54) is 12.1 Å². The van der Waals surface area contributed by atoms with Crippen LogP contribution in [0.3, 0.4) is 0 Å². The van der Waals surface area contributed by atoms with Crippen LogP contribution in [0.1, 0.15) is 43.2 Å². The highest BCUT2D eigenvalue weighted by Crippen LogP contribution is 2.49. The fourth-order valence-corrected chi connectivity index (χ4v) is 8.52. The monoisotopic (exact) mass is 556 g/mol. The molecule has 4 N–H and O–H groups in total. The molecule has 1 aromatic heterocycles. The molecule has 11 nitrogen and oxygen atoms in total. The molecule has 1 fully saturated rings. The predicted molar refractivity (Wildman–Crippen MR) is 134 cm³/mol. The van der Waals surface area contributed by atoms with Crippen LogP contribution in [0.15, 0.2) is 35.6 Å². The van der Waals surface area contributed by atoms with Gasteiger partial charge in [0.15, 0.2) is 6.61 Å². The van der Waals surface area contributed by atoms with Gasteiger partial charge < -0.3 is 15.2 Å². The highest BCUT2D eigenvalue weighted by molar-refractivity contribution is 8.04. The number of ether oxygens (including phenoxy) is 1. The number of rotatable bonds is 6. The fourth-order valence-electron chi connectivity index (χ4n) is 4.85. The number of halogens is 3. The number of carboxylic acid groups (broad SMARTS) is 1. The molecule has 4 rings (SSSR count). The summed E-state index contributed by atoms with van der Waals surface area (Å²) in [4.78, 5) is 36.4. The lowest BCUT2D eigenvalue weighted by molar-refractivity contribution is 0.0792. The quantitative estimate of drug-likeness (QED) is 0.343. The number of nitrogens with one attached hydrogen (secondary N) is 3. The lowest BCUT2D eigenvalue weighted by Crippen LogP contribution is -2.65. The zero-order chi connectivity index (χ0) is 27.9. The number of hydrogen-bond acceptors (Lipinski definition) is 7. The molecule has 2 aliphatic rings. The van der Waals surface area contributed by atoms with Gasteiger partial charge in [0.1, 0.15) is 22.9 Å². The minimum Gasteiger partial charge on any atom is -0.470 e. The van der Waals surface area contributed by atoms with Crippen LogP contribution in [-0.2, 0) is 15.7 Å². The Labute approximate surface area is 216 Å². The van der Waals surface area contributed by atoms with E-state index in [9.17, 15) is 27.7 Å². The maximum Gasteiger partial charge on any atom is 0.410 e. The van der Waals surface area contributed by atoms with Gasteiger partial charge in [-0.05, 0) is 55.5 Å². The summed E-state index contributed by atoms with van der Waals surface area (Å²) < 4.78 is 60.7. The van der Waals surface area contributed by atoms with E-state index in [1.807, 2.05) is 0 Å². The summed E-state index contributed by atoms with van der Waals surface area (Å²) in [5.74, 6) is -1.63. The standard InChI is InChI=1S/C23H27F3N6O5S/c1-22(2)20(31-21(34)35)32-23(3,16-6-7-29-38(16,22)36)13-8-12(4-5-14(13)24)30-19(33)15-9-28-18(10-27-15)37-11-17(25)26/h4-5,8-10,16-17,38H,6-7,11H2,1-3H3,(H,29,36)(H,30,33)(H,31,32)(H,34,35)/t16-,23+/m0/s1. The third-order valence-electron chi connectivity index (χ3n) is 6.82. The fraction of sp³-hybridized carbons (Fsp3) is 0.435. The Morgan fingerprint density at radius 1 is 1.24 bits per heavy atom. The van der Waals surface area contributed by atoms with Crippen molar-refractivity contribution in [2.45, 2.75) is 49.2 Å². The van der Waals surface area contributed by atoms with Crippen molar-refractivity contribution in [3.63, 3.8) is 0 Å². The predicted octanol–water partition coefficient (Wildman–Crippen LogP) is 2.48. The molecule has 2 aliphatic heterocycles. The van der Waals surface area contributed by atoms with E-state index >= 15 is 4.39 Å². The van der Waals surface area contributed by atoms with E-state index in [1.54, 1.807) is 20.8 Å².